The Kier molecular flexibility index (Phi) is 5.12. The Bertz CT molecular complexity index is 939. The summed E-state index contributed by atoms with van der Waals surface area (Å²) < 4.78 is 5.91. The van der Waals surface area contributed by atoms with Gasteiger partial charge in [-0.25, -0.2) is 0 Å². The fourth-order valence-corrected chi connectivity index (χ4v) is 3.12. The molecule has 1 heterocycles. The largest absolute Gasteiger partial charge is 0.485 e. The molecule has 0 spiro atoms. The molecule has 0 aliphatic carbocycles. The van der Waals surface area contributed by atoms with E-state index in [-0.39, 0.29) is 0 Å². The van der Waals surface area contributed by atoms with Gasteiger partial charge in [0.05, 0.1) is 11.6 Å². The summed E-state index contributed by atoms with van der Waals surface area (Å²) in [6.07, 6.45) is 1.40. The Morgan fingerprint density at radius 3 is 2.63 bits per heavy atom. The van der Waals surface area contributed by atoms with E-state index < -0.39 is 17.7 Å². The Hall–Kier alpha value is -3.35. The van der Waals surface area contributed by atoms with Crippen molar-refractivity contribution < 1.29 is 9.84 Å². The number of aliphatic hydroxyl groups is 1. The van der Waals surface area contributed by atoms with Gasteiger partial charge in [-0.05, 0) is 37.6 Å². The van der Waals surface area contributed by atoms with E-state index >= 15 is 0 Å². The topological polar surface area (TPSA) is 101 Å². The summed E-state index contributed by atoms with van der Waals surface area (Å²) in [7, 11) is 0. The van der Waals surface area contributed by atoms with Gasteiger partial charge in [-0.15, -0.1) is 0 Å². The van der Waals surface area contributed by atoms with Crippen LogP contribution in [0.4, 0.5) is 0 Å². The number of benzene rings is 2. The number of nitriles is 2. The van der Waals surface area contributed by atoms with Gasteiger partial charge in [0.2, 0.25) is 0 Å². The molecule has 0 amide bonds. The van der Waals surface area contributed by atoms with Gasteiger partial charge >= 0.3 is 0 Å². The lowest BCUT2D eigenvalue weighted by molar-refractivity contribution is -0.0567. The van der Waals surface area contributed by atoms with Crippen LogP contribution in [0, 0.1) is 22.8 Å². The van der Waals surface area contributed by atoms with E-state index in [9.17, 15) is 10.4 Å². The van der Waals surface area contributed by atoms with Gasteiger partial charge in [0.1, 0.15) is 29.3 Å². The van der Waals surface area contributed by atoms with Crippen molar-refractivity contribution in [2.45, 2.75) is 38.0 Å². The fraction of sp³-hybridized carbons (Fsp3) is 0.286. The van der Waals surface area contributed by atoms with Crippen LogP contribution in [-0.2, 0) is 6.42 Å². The summed E-state index contributed by atoms with van der Waals surface area (Å²) in [5.74, 6) is 1.02. The molecule has 1 aliphatic heterocycles. The molecular weight excluding hydrogens is 340 g/mol. The summed E-state index contributed by atoms with van der Waals surface area (Å²) in [6.45, 7) is 3.58. The molecule has 6 heteroatoms. The van der Waals surface area contributed by atoms with Crippen LogP contribution in [0.3, 0.4) is 0 Å². The predicted molar refractivity (Wildman–Crippen MR) is 101 cm³/mol. The first-order valence-electron chi connectivity index (χ1n) is 8.61. The molecule has 6 nitrogen and oxygen atoms in total. The quantitative estimate of drug-likeness (QED) is 0.379. The zero-order valence-corrected chi connectivity index (χ0v) is 15.2. The van der Waals surface area contributed by atoms with Crippen LogP contribution in [0.2, 0.25) is 0 Å². The second kappa shape index (κ2) is 7.49. The zero-order valence-electron chi connectivity index (χ0n) is 15.2. The highest BCUT2D eigenvalue weighted by molar-refractivity contribution is 5.86. The van der Waals surface area contributed by atoms with Crippen LogP contribution < -0.4 is 10.1 Å². The number of ether oxygens (including phenoxy) is 1. The first kappa shape index (κ1) is 18.4. The van der Waals surface area contributed by atoms with E-state index in [2.05, 4.69) is 16.4 Å². The molecule has 2 N–H and O–H groups in total. The van der Waals surface area contributed by atoms with Crippen molar-refractivity contribution in [3.05, 3.63) is 65.2 Å². The second-order valence-corrected chi connectivity index (χ2v) is 6.93. The van der Waals surface area contributed by atoms with Gasteiger partial charge in [0.15, 0.2) is 6.19 Å². The molecule has 0 saturated heterocycles. The summed E-state index contributed by atoms with van der Waals surface area (Å²) in [4.78, 5) is 4.66. The smallest absolute Gasteiger partial charge is 0.182 e. The monoisotopic (exact) mass is 360 g/mol. The summed E-state index contributed by atoms with van der Waals surface area (Å²) in [5, 5.41) is 31.8. The van der Waals surface area contributed by atoms with Gasteiger partial charge in [0.25, 0.3) is 0 Å². The third-order valence-corrected chi connectivity index (χ3v) is 4.55. The SMILES string of the molecule is CC1(C)Oc2ccc(C#N)cc2C(N=C(Cc2ccccc2)NC#N)C1O. The standard InChI is InChI=1S/C21H20N4O2/c1-21(2)20(26)19(16-10-15(12-22)8-9-17(16)27-21)25-18(24-13-23)11-14-6-4-3-5-7-14/h3-10,19-20,26H,11H2,1-2H3,(H,24,25). The van der Waals surface area contributed by atoms with Crippen LogP contribution >= 0.6 is 0 Å². The maximum absolute atomic E-state index is 10.9. The molecule has 2 aromatic carbocycles. The number of fused-ring (bicyclic) bond motifs is 1. The first-order valence-corrected chi connectivity index (χ1v) is 8.61. The number of amidine groups is 1. The van der Waals surface area contributed by atoms with Crippen LogP contribution in [0.5, 0.6) is 5.75 Å². The summed E-state index contributed by atoms with van der Waals surface area (Å²) in [5.41, 5.74) is 1.22. The minimum absolute atomic E-state index is 0.423. The third kappa shape index (κ3) is 3.92. The lowest BCUT2D eigenvalue weighted by atomic mass is 9.86. The molecule has 0 fully saturated rings. The number of hydrogen-bond acceptors (Lipinski definition) is 5. The lowest BCUT2D eigenvalue weighted by Crippen LogP contribution is -2.48. The van der Waals surface area contributed by atoms with Gasteiger partial charge in [-0.1, -0.05) is 30.3 Å². The molecule has 0 aromatic heterocycles. The number of rotatable bonds is 3. The summed E-state index contributed by atoms with van der Waals surface area (Å²) in [6, 6.07) is 16.2. The van der Waals surface area contributed by atoms with E-state index in [4.69, 9.17) is 10.00 Å². The van der Waals surface area contributed by atoms with Gasteiger partial charge in [-0.2, -0.15) is 10.5 Å². The van der Waals surface area contributed by atoms with Crippen molar-refractivity contribution in [3.8, 4) is 18.0 Å². The number of aliphatic imine (C=N–C) groups is 1. The van der Waals surface area contributed by atoms with Gasteiger partial charge in [-0.3, -0.25) is 10.3 Å². The molecule has 3 rings (SSSR count). The number of hydrogen-bond donors (Lipinski definition) is 2. The average Bonchev–Trinajstić information content (AvgIpc) is 2.66. The van der Waals surface area contributed by atoms with E-state index in [1.807, 2.05) is 36.5 Å². The van der Waals surface area contributed by atoms with Crippen molar-refractivity contribution in [2.75, 3.05) is 0 Å². The maximum atomic E-state index is 10.9. The van der Waals surface area contributed by atoms with Crippen molar-refractivity contribution in [1.29, 1.82) is 10.5 Å². The van der Waals surface area contributed by atoms with Crippen molar-refractivity contribution in [2.24, 2.45) is 4.99 Å². The third-order valence-electron chi connectivity index (χ3n) is 4.55. The van der Waals surface area contributed by atoms with E-state index in [1.54, 1.807) is 32.0 Å². The molecule has 1 aliphatic rings. The number of aliphatic hydroxyl groups excluding tert-OH is 1. The Morgan fingerprint density at radius 2 is 1.96 bits per heavy atom. The second-order valence-electron chi connectivity index (χ2n) is 6.93. The molecule has 2 atom stereocenters. The number of nitrogens with one attached hydrogen (secondary N) is 1. The van der Waals surface area contributed by atoms with E-state index in [1.165, 1.54) is 0 Å². The lowest BCUT2D eigenvalue weighted by Gasteiger charge is -2.40. The van der Waals surface area contributed by atoms with Crippen LogP contribution in [0.25, 0.3) is 0 Å². The predicted octanol–water partition coefficient (Wildman–Crippen LogP) is 2.84. The van der Waals surface area contributed by atoms with Gasteiger partial charge in [0, 0.05) is 12.0 Å². The molecule has 27 heavy (non-hydrogen) atoms. The molecule has 0 bridgehead atoms. The highest BCUT2D eigenvalue weighted by atomic mass is 16.5. The van der Waals surface area contributed by atoms with Crippen molar-refractivity contribution in [1.82, 2.24) is 5.32 Å². The van der Waals surface area contributed by atoms with E-state index in [0.29, 0.717) is 29.1 Å². The Balaban J connectivity index is 2.05. The zero-order chi connectivity index (χ0) is 19.4. The highest BCUT2D eigenvalue weighted by Gasteiger charge is 2.43. The molecule has 2 unspecified atom stereocenters. The van der Waals surface area contributed by atoms with Gasteiger partial charge < -0.3 is 9.84 Å². The molecule has 0 radical (unpaired) electrons. The van der Waals surface area contributed by atoms with Crippen LogP contribution in [-0.4, -0.2) is 22.6 Å². The molecular formula is C21H20N4O2. The molecule has 136 valence electrons. The molecule has 0 saturated carbocycles. The normalized spacial score (nSPS) is 20.6. The maximum Gasteiger partial charge on any atom is 0.182 e. The minimum Gasteiger partial charge on any atom is -0.485 e. The van der Waals surface area contributed by atoms with Crippen molar-refractivity contribution >= 4 is 5.84 Å². The Morgan fingerprint density at radius 1 is 1.22 bits per heavy atom. The highest BCUT2D eigenvalue weighted by Crippen LogP contribution is 2.42. The van der Waals surface area contributed by atoms with Crippen LogP contribution in [0.15, 0.2) is 53.5 Å². The summed E-state index contributed by atoms with van der Waals surface area (Å²) >= 11 is 0. The molecule has 2 aromatic rings. The van der Waals surface area contributed by atoms with Crippen molar-refractivity contribution in [3.63, 3.8) is 0 Å². The minimum atomic E-state index is -0.940. The fourth-order valence-electron chi connectivity index (χ4n) is 3.12. The number of nitrogens with zero attached hydrogens (tertiary/aromatic N) is 3. The Labute approximate surface area is 158 Å². The van der Waals surface area contributed by atoms with E-state index in [0.717, 1.165) is 5.56 Å². The van der Waals surface area contributed by atoms with Crippen LogP contribution in [0.1, 0.15) is 36.6 Å². The first-order chi connectivity index (χ1) is 12.9. The average molecular weight is 360 g/mol.